The Kier molecular flexibility index (Phi) is 5.19. The molecule has 2 heterocycles. The van der Waals surface area contributed by atoms with Gasteiger partial charge in [-0.1, -0.05) is 12.1 Å². The van der Waals surface area contributed by atoms with Crippen molar-refractivity contribution in [3.8, 4) is 0 Å². The van der Waals surface area contributed by atoms with Crippen LogP contribution in [-0.4, -0.2) is 49.0 Å². The molecule has 3 rings (SSSR count). The van der Waals surface area contributed by atoms with Crippen LogP contribution in [0, 0.1) is 0 Å². The molecule has 1 aliphatic heterocycles. The third-order valence-electron chi connectivity index (χ3n) is 4.73. The summed E-state index contributed by atoms with van der Waals surface area (Å²) in [6.07, 6.45) is 4.02. The number of likely N-dealkylation sites (tertiary alicyclic amines) is 1. The minimum absolute atomic E-state index is 0.0465. The highest BCUT2D eigenvalue weighted by molar-refractivity contribution is 6.02. The Bertz CT molecular complexity index is 742. The van der Waals surface area contributed by atoms with Crippen LogP contribution in [0.3, 0.4) is 0 Å². The maximum atomic E-state index is 12.8. The van der Waals surface area contributed by atoms with Crippen LogP contribution in [-0.2, 0) is 9.53 Å². The van der Waals surface area contributed by atoms with Crippen molar-refractivity contribution in [2.45, 2.75) is 18.9 Å². The Hall–Kier alpha value is -2.60. The summed E-state index contributed by atoms with van der Waals surface area (Å²) in [5.41, 5.74) is 2.10. The summed E-state index contributed by atoms with van der Waals surface area (Å²) in [6, 6.07) is 11.3. The zero-order chi connectivity index (χ0) is 17.8. The molecule has 25 heavy (non-hydrogen) atoms. The number of likely N-dealkylation sites (N-methyl/N-ethyl adjacent to an activating group) is 1. The van der Waals surface area contributed by atoms with E-state index in [4.69, 9.17) is 4.74 Å². The molecule has 2 aromatic rings. The van der Waals surface area contributed by atoms with E-state index in [1.165, 1.54) is 12.0 Å². The van der Waals surface area contributed by atoms with Crippen molar-refractivity contribution in [3.05, 3.63) is 53.9 Å². The quantitative estimate of drug-likeness (QED) is 0.849. The lowest BCUT2D eigenvalue weighted by Gasteiger charge is -2.26. The van der Waals surface area contributed by atoms with Crippen LogP contribution in [0.25, 0.3) is 0 Å². The number of nitrogens with zero attached hydrogens (tertiary/aromatic N) is 2. The Morgan fingerprint density at radius 1 is 1.28 bits per heavy atom. The van der Waals surface area contributed by atoms with Crippen molar-refractivity contribution in [1.29, 1.82) is 0 Å². The number of rotatable bonds is 5. The Morgan fingerprint density at radius 2 is 2.08 bits per heavy atom. The van der Waals surface area contributed by atoms with Gasteiger partial charge in [-0.3, -0.25) is 9.69 Å². The van der Waals surface area contributed by atoms with Gasteiger partial charge >= 0.3 is 5.97 Å². The minimum atomic E-state index is -0.444. The molecule has 1 unspecified atom stereocenters. The largest absolute Gasteiger partial charge is 0.465 e. The van der Waals surface area contributed by atoms with Crippen LogP contribution < -0.4 is 4.90 Å². The number of nitrogens with one attached hydrogen (secondary N) is 1. The second kappa shape index (κ2) is 7.53. The number of esters is 1. The molecule has 1 aliphatic rings. The zero-order valence-corrected chi connectivity index (χ0v) is 14.6. The van der Waals surface area contributed by atoms with Gasteiger partial charge in [0.05, 0.1) is 30.9 Å². The number of aromatic amines is 1. The lowest BCUT2D eigenvalue weighted by molar-refractivity contribution is -0.119. The molecule has 6 heteroatoms. The fraction of sp³-hybridized carbons (Fsp3) is 0.368. The molecule has 0 bridgehead atoms. The van der Waals surface area contributed by atoms with E-state index in [-0.39, 0.29) is 11.9 Å². The summed E-state index contributed by atoms with van der Waals surface area (Å²) in [5, 5.41) is 0. The van der Waals surface area contributed by atoms with Gasteiger partial charge in [0, 0.05) is 18.9 Å². The van der Waals surface area contributed by atoms with E-state index in [1.807, 2.05) is 18.3 Å². The number of hydrogen-bond acceptors (Lipinski definition) is 4. The summed E-state index contributed by atoms with van der Waals surface area (Å²) in [7, 11) is 3.04. The molecule has 1 saturated heterocycles. The van der Waals surface area contributed by atoms with E-state index in [1.54, 1.807) is 25.2 Å². The van der Waals surface area contributed by atoms with Crippen molar-refractivity contribution in [2.24, 2.45) is 0 Å². The number of ether oxygens (including phenoxy) is 1. The van der Waals surface area contributed by atoms with Crippen molar-refractivity contribution >= 4 is 17.6 Å². The van der Waals surface area contributed by atoms with Gasteiger partial charge in [0.15, 0.2) is 0 Å². The standard InChI is InChI=1S/C19H23N3O3/c1-21(16-9-4-3-7-14(16)19(24)25-2)18(23)13-22-12-6-10-17(22)15-8-5-11-20-15/h3-5,7-9,11,17,20H,6,10,12-13H2,1-2H3. The van der Waals surface area contributed by atoms with Crippen LogP contribution in [0.15, 0.2) is 42.6 Å². The van der Waals surface area contributed by atoms with Gasteiger partial charge in [-0.15, -0.1) is 0 Å². The van der Waals surface area contributed by atoms with Crippen LogP contribution in [0.4, 0.5) is 5.69 Å². The minimum Gasteiger partial charge on any atom is -0.465 e. The Morgan fingerprint density at radius 3 is 2.80 bits per heavy atom. The van der Waals surface area contributed by atoms with Gasteiger partial charge in [-0.25, -0.2) is 4.79 Å². The first-order valence-electron chi connectivity index (χ1n) is 8.43. The third-order valence-corrected chi connectivity index (χ3v) is 4.73. The van der Waals surface area contributed by atoms with Crippen LogP contribution in [0.5, 0.6) is 0 Å². The van der Waals surface area contributed by atoms with Gasteiger partial charge in [0.25, 0.3) is 0 Å². The van der Waals surface area contributed by atoms with Crippen molar-refractivity contribution in [2.75, 3.05) is 32.1 Å². The average molecular weight is 341 g/mol. The lowest BCUT2D eigenvalue weighted by atomic mass is 10.1. The van der Waals surface area contributed by atoms with Crippen molar-refractivity contribution in [1.82, 2.24) is 9.88 Å². The van der Waals surface area contributed by atoms with Gasteiger partial charge in [0.2, 0.25) is 5.91 Å². The van der Waals surface area contributed by atoms with E-state index >= 15 is 0 Å². The first kappa shape index (κ1) is 17.2. The maximum absolute atomic E-state index is 12.8. The summed E-state index contributed by atoms with van der Waals surface area (Å²) in [6.45, 7) is 1.21. The van der Waals surface area contributed by atoms with Crippen molar-refractivity contribution < 1.29 is 14.3 Å². The number of carbonyl (C=O) groups excluding carboxylic acids is 2. The monoisotopic (exact) mass is 341 g/mol. The molecule has 0 saturated carbocycles. The zero-order valence-electron chi connectivity index (χ0n) is 14.6. The normalized spacial score (nSPS) is 17.4. The summed E-state index contributed by atoms with van der Waals surface area (Å²) in [4.78, 5) is 31.7. The molecule has 1 amide bonds. The fourth-order valence-corrected chi connectivity index (χ4v) is 3.38. The molecular formula is C19H23N3O3. The molecule has 132 valence electrons. The molecule has 1 fully saturated rings. The highest BCUT2D eigenvalue weighted by Crippen LogP contribution is 2.31. The Balaban J connectivity index is 1.74. The Labute approximate surface area is 147 Å². The molecule has 0 spiro atoms. The summed E-state index contributed by atoms with van der Waals surface area (Å²) in [5.74, 6) is -0.490. The number of para-hydroxylation sites is 1. The predicted octanol–water partition coefficient (Wildman–Crippen LogP) is 2.60. The highest BCUT2D eigenvalue weighted by atomic mass is 16.5. The molecule has 1 aromatic heterocycles. The van der Waals surface area contributed by atoms with E-state index in [0.717, 1.165) is 25.1 Å². The van der Waals surface area contributed by atoms with E-state index < -0.39 is 5.97 Å². The number of carbonyl (C=O) groups is 2. The fourth-order valence-electron chi connectivity index (χ4n) is 3.38. The number of anilines is 1. The number of hydrogen-bond donors (Lipinski definition) is 1. The molecular weight excluding hydrogens is 318 g/mol. The van der Waals surface area contributed by atoms with Crippen molar-refractivity contribution in [3.63, 3.8) is 0 Å². The number of H-pyrrole nitrogens is 1. The molecule has 1 aromatic carbocycles. The topological polar surface area (TPSA) is 65.6 Å². The molecule has 1 atom stereocenters. The van der Waals surface area contributed by atoms with Gasteiger partial charge in [-0.05, 0) is 43.7 Å². The van der Waals surface area contributed by atoms with E-state index in [0.29, 0.717) is 17.8 Å². The second-order valence-electron chi connectivity index (χ2n) is 6.22. The maximum Gasteiger partial charge on any atom is 0.339 e. The third kappa shape index (κ3) is 3.58. The smallest absolute Gasteiger partial charge is 0.339 e. The number of methoxy groups -OCH3 is 1. The molecule has 0 aliphatic carbocycles. The van der Waals surface area contributed by atoms with Gasteiger partial charge in [0.1, 0.15) is 0 Å². The summed E-state index contributed by atoms with van der Waals surface area (Å²) < 4.78 is 4.81. The molecule has 1 N–H and O–H groups in total. The predicted molar refractivity (Wildman–Crippen MR) is 95.5 cm³/mol. The van der Waals surface area contributed by atoms with Gasteiger partial charge in [-0.2, -0.15) is 0 Å². The first-order chi connectivity index (χ1) is 12.1. The second-order valence-corrected chi connectivity index (χ2v) is 6.22. The van der Waals surface area contributed by atoms with E-state index in [9.17, 15) is 9.59 Å². The number of amides is 1. The average Bonchev–Trinajstić information content (AvgIpc) is 3.31. The lowest BCUT2D eigenvalue weighted by Crippen LogP contribution is -2.38. The van der Waals surface area contributed by atoms with E-state index in [2.05, 4.69) is 16.0 Å². The SMILES string of the molecule is COC(=O)c1ccccc1N(C)C(=O)CN1CCCC1c1ccc[nH]1. The van der Waals surface area contributed by atoms with Crippen LogP contribution >= 0.6 is 0 Å². The molecule has 6 nitrogen and oxygen atoms in total. The van der Waals surface area contributed by atoms with Gasteiger partial charge < -0.3 is 14.6 Å². The number of aromatic nitrogens is 1. The molecule has 0 radical (unpaired) electrons. The summed E-state index contributed by atoms with van der Waals surface area (Å²) >= 11 is 0. The van der Waals surface area contributed by atoms with Crippen LogP contribution in [0.1, 0.15) is 34.9 Å². The first-order valence-corrected chi connectivity index (χ1v) is 8.43. The van der Waals surface area contributed by atoms with Crippen LogP contribution in [0.2, 0.25) is 0 Å². The highest BCUT2D eigenvalue weighted by Gasteiger charge is 2.29. The number of benzene rings is 1.